The maximum Gasteiger partial charge on any atom is 0.0983 e. The van der Waals surface area contributed by atoms with Gasteiger partial charge in [0.25, 0.3) is 0 Å². The highest BCUT2D eigenvalue weighted by molar-refractivity contribution is 5.61. The molecule has 0 atom stereocenters. The van der Waals surface area contributed by atoms with Gasteiger partial charge in [0, 0.05) is 69.6 Å². The van der Waals surface area contributed by atoms with E-state index in [0.29, 0.717) is 0 Å². The SMILES string of the molecule is CN(C)c1cccc(CNCc2cn(C)nc2-c2cccnc2)c1. The Morgan fingerprint density at radius 1 is 1.12 bits per heavy atom. The number of rotatable bonds is 6. The number of aryl methyl sites for hydroxylation is 1. The van der Waals surface area contributed by atoms with Crippen molar-refractivity contribution in [1.82, 2.24) is 20.1 Å². The zero-order valence-electron chi connectivity index (χ0n) is 14.4. The van der Waals surface area contributed by atoms with Crippen LogP contribution in [0.3, 0.4) is 0 Å². The molecule has 0 saturated heterocycles. The van der Waals surface area contributed by atoms with Crippen molar-refractivity contribution in [2.45, 2.75) is 13.1 Å². The monoisotopic (exact) mass is 321 g/mol. The molecule has 124 valence electrons. The second-order valence-corrected chi connectivity index (χ2v) is 6.09. The Balaban J connectivity index is 1.69. The third kappa shape index (κ3) is 3.81. The molecule has 5 heteroatoms. The van der Waals surface area contributed by atoms with Crippen LogP contribution < -0.4 is 10.2 Å². The molecule has 3 aromatic rings. The van der Waals surface area contributed by atoms with Crippen LogP contribution in [0.15, 0.2) is 55.0 Å². The van der Waals surface area contributed by atoms with E-state index in [9.17, 15) is 0 Å². The quantitative estimate of drug-likeness (QED) is 0.758. The first-order chi connectivity index (χ1) is 11.6. The molecule has 0 aliphatic carbocycles. The second kappa shape index (κ2) is 7.27. The van der Waals surface area contributed by atoms with Gasteiger partial charge in [0.05, 0.1) is 5.69 Å². The fraction of sp³-hybridized carbons (Fsp3) is 0.263. The van der Waals surface area contributed by atoms with Gasteiger partial charge in [0.1, 0.15) is 0 Å². The van der Waals surface area contributed by atoms with Crippen LogP contribution in [-0.4, -0.2) is 28.9 Å². The zero-order chi connectivity index (χ0) is 16.9. The maximum absolute atomic E-state index is 4.57. The summed E-state index contributed by atoms with van der Waals surface area (Å²) in [4.78, 5) is 6.31. The topological polar surface area (TPSA) is 46.0 Å². The molecular formula is C19H23N5. The van der Waals surface area contributed by atoms with E-state index in [2.05, 4.69) is 64.9 Å². The molecule has 0 unspecified atom stereocenters. The highest BCUT2D eigenvalue weighted by Gasteiger charge is 2.10. The number of benzene rings is 1. The molecule has 2 aromatic heterocycles. The Morgan fingerprint density at radius 2 is 2.00 bits per heavy atom. The molecule has 5 nitrogen and oxygen atoms in total. The van der Waals surface area contributed by atoms with E-state index >= 15 is 0 Å². The molecule has 2 heterocycles. The van der Waals surface area contributed by atoms with Gasteiger partial charge in [-0.05, 0) is 29.8 Å². The molecule has 1 aromatic carbocycles. The van der Waals surface area contributed by atoms with Gasteiger partial charge in [-0.25, -0.2) is 0 Å². The number of nitrogens with zero attached hydrogens (tertiary/aromatic N) is 4. The molecule has 3 rings (SSSR count). The molecule has 0 radical (unpaired) electrons. The molecule has 1 N–H and O–H groups in total. The van der Waals surface area contributed by atoms with Gasteiger partial charge in [-0.2, -0.15) is 5.10 Å². The van der Waals surface area contributed by atoms with Crippen LogP contribution in [-0.2, 0) is 20.1 Å². The minimum atomic E-state index is 0.768. The van der Waals surface area contributed by atoms with E-state index in [1.165, 1.54) is 16.8 Å². The predicted octanol–water partition coefficient (Wildman–Crippen LogP) is 2.84. The van der Waals surface area contributed by atoms with Crippen molar-refractivity contribution in [3.63, 3.8) is 0 Å². The lowest BCUT2D eigenvalue weighted by Crippen LogP contribution is -2.14. The Bertz CT molecular complexity index is 793. The van der Waals surface area contributed by atoms with Gasteiger partial charge < -0.3 is 10.2 Å². The van der Waals surface area contributed by atoms with Gasteiger partial charge >= 0.3 is 0 Å². The number of hydrogen-bond acceptors (Lipinski definition) is 4. The summed E-state index contributed by atoms with van der Waals surface area (Å²) in [5.74, 6) is 0. The molecule has 24 heavy (non-hydrogen) atoms. The second-order valence-electron chi connectivity index (χ2n) is 6.09. The summed E-state index contributed by atoms with van der Waals surface area (Å²) in [5, 5.41) is 8.09. The number of pyridine rings is 1. The van der Waals surface area contributed by atoms with Gasteiger partial charge in [-0.3, -0.25) is 9.67 Å². The number of aromatic nitrogens is 3. The average molecular weight is 321 g/mol. The van der Waals surface area contributed by atoms with E-state index in [1.807, 2.05) is 30.1 Å². The molecule has 0 fully saturated rings. The van der Waals surface area contributed by atoms with Crippen molar-refractivity contribution in [2.24, 2.45) is 7.05 Å². The van der Waals surface area contributed by atoms with Crippen LogP contribution >= 0.6 is 0 Å². The van der Waals surface area contributed by atoms with Crippen LogP contribution in [0.5, 0.6) is 0 Å². The Labute approximate surface area is 143 Å². The summed E-state index contributed by atoms with van der Waals surface area (Å²) >= 11 is 0. The maximum atomic E-state index is 4.57. The summed E-state index contributed by atoms with van der Waals surface area (Å²) in [6.07, 6.45) is 5.69. The molecule has 0 spiro atoms. The normalized spacial score (nSPS) is 10.8. The molecule has 0 aliphatic heterocycles. The zero-order valence-corrected chi connectivity index (χ0v) is 14.4. The highest BCUT2D eigenvalue weighted by atomic mass is 15.3. The number of hydrogen-bond donors (Lipinski definition) is 1. The van der Waals surface area contributed by atoms with Crippen LogP contribution in [0.25, 0.3) is 11.3 Å². The minimum absolute atomic E-state index is 0.768. The minimum Gasteiger partial charge on any atom is -0.378 e. The molecule has 0 bridgehead atoms. The van der Waals surface area contributed by atoms with Crippen LogP contribution in [0.2, 0.25) is 0 Å². The third-order valence-corrected chi connectivity index (χ3v) is 3.91. The van der Waals surface area contributed by atoms with E-state index in [0.717, 1.165) is 24.3 Å². The lowest BCUT2D eigenvalue weighted by Gasteiger charge is -2.14. The van der Waals surface area contributed by atoms with Crippen LogP contribution in [0, 0.1) is 0 Å². The Kier molecular flexibility index (Phi) is 4.91. The van der Waals surface area contributed by atoms with Crippen LogP contribution in [0.1, 0.15) is 11.1 Å². The summed E-state index contributed by atoms with van der Waals surface area (Å²) in [6.45, 7) is 1.59. The van der Waals surface area contributed by atoms with E-state index < -0.39 is 0 Å². The first-order valence-electron chi connectivity index (χ1n) is 8.03. The van der Waals surface area contributed by atoms with Gasteiger partial charge in [0.2, 0.25) is 0 Å². The fourth-order valence-electron chi connectivity index (χ4n) is 2.70. The highest BCUT2D eigenvalue weighted by Crippen LogP contribution is 2.21. The van der Waals surface area contributed by atoms with Crippen molar-refractivity contribution in [2.75, 3.05) is 19.0 Å². The standard InChI is InChI=1S/C19H23N5/c1-23(2)18-8-4-6-15(10-18)11-21-13-17-14-24(3)22-19(17)16-7-5-9-20-12-16/h4-10,12,14,21H,11,13H2,1-3H3. The summed E-state index contributed by atoms with van der Waals surface area (Å²) in [6, 6.07) is 12.5. The van der Waals surface area contributed by atoms with Gasteiger partial charge in [-0.15, -0.1) is 0 Å². The van der Waals surface area contributed by atoms with E-state index in [1.54, 1.807) is 6.20 Å². The summed E-state index contributed by atoms with van der Waals surface area (Å²) in [7, 11) is 6.06. The molecule has 0 saturated carbocycles. The molecule has 0 amide bonds. The largest absolute Gasteiger partial charge is 0.378 e. The third-order valence-electron chi connectivity index (χ3n) is 3.91. The molecular weight excluding hydrogens is 298 g/mol. The van der Waals surface area contributed by atoms with Crippen LogP contribution in [0.4, 0.5) is 5.69 Å². The van der Waals surface area contributed by atoms with Crippen molar-refractivity contribution < 1.29 is 0 Å². The lowest BCUT2D eigenvalue weighted by atomic mass is 10.1. The van der Waals surface area contributed by atoms with Crippen molar-refractivity contribution >= 4 is 5.69 Å². The average Bonchev–Trinajstić information content (AvgIpc) is 2.97. The van der Waals surface area contributed by atoms with Gasteiger partial charge in [-0.1, -0.05) is 12.1 Å². The van der Waals surface area contributed by atoms with E-state index in [4.69, 9.17) is 0 Å². The number of nitrogens with one attached hydrogen (secondary N) is 1. The summed E-state index contributed by atoms with van der Waals surface area (Å²) < 4.78 is 1.85. The van der Waals surface area contributed by atoms with Crippen molar-refractivity contribution in [3.05, 3.63) is 66.1 Å². The summed E-state index contributed by atoms with van der Waals surface area (Å²) in [5.41, 5.74) is 5.69. The van der Waals surface area contributed by atoms with E-state index in [-0.39, 0.29) is 0 Å². The first-order valence-corrected chi connectivity index (χ1v) is 8.03. The lowest BCUT2D eigenvalue weighted by molar-refractivity contribution is 0.692. The smallest absolute Gasteiger partial charge is 0.0983 e. The van der Waals surface area contributed by atoms with Gasteiger partial charge in [0.15, 0.2) is 0 Å². The fourth-order valence-corrected chi connectivity index (χ4v) is 2.70. The Hall–Kier alpha value is -2.66. The predicted molar refractivity (Wildman–Crippen MR) is 97.8 cm³/mol. The first kappa shape index (κ1) is 16.2. The van der Waals surface area contributed by atoms with Crippen molar-refractivity contribution in [1.29, 1.82) is 0 Å². The van der Waals surface area contributed by atoms with Crippen molar-refractivity contribution in [3.8, 4) is 11.3 Å². The number of anilines is 1. The Morgan fingerprint density at radius 3 is 2.75 bits per heavy atom. The molecule has 0 aliphatic rings.